The summed E-state index contributed by atoms with van der Waals surface area (Å²) in [4.78, 5) is 24.4. The number of amides is 1. The van der Waals surface area contributed by atoms with Crippen LogP contribution in [0.15, 0.2) is 79.0 Å². The Morgan fingerprint density at radius 2 is 1.71 bits per heavy atom. The third-order valence-corrected chi connectivity index (χ3v) is 9.09. The smallest absolute Gasteiger partial charge is 0.275 e. The molecular weight excluding hydrogens is 572 g/mol. The highest BCUT2D eigenvalue weighted by Crippen LogP contribution is 2.43. The molecule has 4 atom stereocenters. The van der Waals surface area contributed by atoms with Gasteiger partial charge in [-0.15, -0.1) is 0 Å². The largest absolute Gasteiger partial charge is 0.392 e. The maximum atomic E-state index is 13.1. The summed E-state index contributed by atoms with van der Waals surface area (Å²) in [6.45, 7) is 5.96. The lowest BCUT2D eigenvalue weighted by Gasteiger charge is -2.44. The molecule has 4 heterocycles. The van der Waals surface area contributed by atoms with E-state index in [-0.39, 0.29) is 36.3 Å². The second-order valence-corrected chi connectivity index (χ2v) is 12.1. The van der Waals surface area contributed by atoms with E-state index in [4.69, 9.17) is 18.9 Å². The molecule has 10 heteroatoms. The molecule has 3 aliphatic rings. The number of nitrogens with zero attached hydrogens (tertiary/aromatic N) is 3. The molecule has 3 saturated heterocycles. The Hall–Kier alpha value is -3.77. The third kappa shape index (κ3) is 6.48. The molecule has 0 bridgehead atoms. The second kappa shape index (κ2) is 12.9. The van der Waals surface area contributed by atoms with Crippen molar-refractivity contribution in [2.45, 2.75) is 50.7 Å². The van der Waals surface area contributed by atoms with Crippen LogP contribution >= 0.6 is 0 Å². The molecule has 3 aliphatic heterocycles. The lowest BCUT2D eigenvalue weighted by atomic mass is 9.89. The van der Waals surface area contributed by atoms with Crippen LogP contribution in [0.4, 0.5) is 5.69 Å². The summed E-state index contributed by atoms with van der Waals surface area (Å²) in [6, 6.07) is 22.9. The van der Waals surface area contributed by atoms with Crippen molar-refractivity contribution in [1.29, 1.82) is 0 Å². The second-order valence-electron chi connectivity index (χ2n) is 12.1. The molecule has 4 aromatic rings. The number of carbonyl (C=O) groups is 1. The van der Waals surface area contributed by atoms with Crippen LogP contribution in [0.3, 0.4) is 0 Å². The van der Waals surface area contributed by atoms with E-state index in [2.05, 4.69) is 27.1 Å². The minimum absolute atomic E-state index is 0.0110. The van der Waals surface area contributed by atoms with E-state index in [9.17, 15) is 9.90 Å². The third-order valence-electron chi connectivity index (χ3n) is 9.09. The number of anilines is 1. The fourth-order valence-electron chi connectivity index (χ4n) is 6.47. The van der Waals surface area contributed by atoms with E-state index in [0.717, 1.165) is 54.7 Å². The van der Waals surface area contributed by atoms with Gasteiger partial charge in [-0.3, -0.25) is 9.78 Å². The average molecular weight is 611 g/mol. The quantitative estimate of drug-likeness (QED) is 0.298. The van der Waals surface area contributed by atoms with E-state index >= 15 is 0 Å². The standard InChI is InChI=1S/C35H38N4O6/c1-23-31(21-39-15-13-35(14-16-39)42-17-18-43-35)44-34(45-32(23)25-11-9-24(22-40)10-12-25)26-5-4-6-27(19-26)37-33(41)30-20-36-28-7-2-3-8-29(28)38-30/h2-12,19-20,23,31-32,34,40H,13-18,21-22H2,1H3,(H,37,41). The highest BCUT2D eigenvalue weighted by Gasteiger charge is 2.43. The number of hydrogen-bond donors (Lipinski definition) is 2. The summed E-state index contributed by atoms with van der Waals surface area (Å²) in [5, 5.41) is 12.5. The Morgan fingerprint density at radius 3 is 2.47 bits per heavy atom. The normalized spacial score (nSPS) is 25.0. The number of piperidine rings is 1. The SMILES string of the molecule is CC1C(CN2CCC3(CC2)OCCO3)OC(c2cccc(NC(=O)c3cnc4ccccc4n3)c2)OC1c1ccc(CO)cc1. The number of carbonyl (C=O) groups excluding carboxylic acids is 1. The minimum Gasteiger partial charge on any atom is -0.392 e. The number of para-hydroxylation sites is 2. The predicted octanol–water partition coefficient (Wildman–Crippen LogP) is 5.00. The predicted molar refractivity (Wildman–Crippen MR) is 167 cm³/mol. The van der Waals surface area contributed by atoms with Gasteiger partial charge in [-0.25, -0.2) is 4.98 Å². The number of hydrogen-bond acceptors (Lipinski definition) is 9. The lowest BCUT2D eigenvalue weighted by molar-refractivity contribution is -0.278. The molecule has 0 saturated carbocycles. The molecule has 4 unspecified atom stereocenters. The molecular formula is C35H38N4O6. The topological polar surface area (TPSA) is 115 Å². The van der Waals surface area contributed by atoms with Gasteiger partial charge in [-0.1, -0.05) is 55.5 Å². The fraction of sp³-hybridized carbons (Fsp3) is 0.400. The van der Waals surface area contributed by atoms with Crippen LogP contribution in [-0.2, 0) is 25.6 Å². The van der Waals surface area contributed by atoms with Gasteiger partial charge in [0.25, 0.3) is 5.91 Å². The molecule has 3 fully saturated rings. The molecule has 0 radical (unpaired) electrons. The van der Waals surface area contributed by atoms with E-state index in [1.807, 2.05) is 72.8 Å². The van der Waals surface area contributed by atoms with Crippen molar-refractivity contribution in [3.63, 3.8) is 0 Å². The van der Waals surface area contributed by atoms with E-state index in [1.54, 1.807) is 0 Å². The Bertz CT molecular complexity index is 1630. The van der Waals surface area contributed by atoms with Crippen molar-refractivity contribution in [3.8, 4) is 0 Å². The van der Waals surface area contributed by atoms with Crippen molar-refractivity contribution >= 4 is 22.6 Å². The average Bonchev–Trinajstić information content (AvgIpc) is 3.54. The summed E-state index contributed by atoms with van der Waals surface area (Å²) in [7, 11) is 0. The number of aliphatic hydroxyl groups excluding tert-OH is 1. The number of fused-ring (bicyclic) bond motifs is 1. The Balaban J connectivity index is 1.10. The molecule has 1 spiro atoms. The van der Waals surface area contributed by atoms with Crippen LogP contribution in [0.2, 0.25) is 0 Å². The Kier molecular flexibility index (Phi) is 8.59. The highest BCUT2D eigenvalue weighted by atomic mass is 16.7. The zero-order valence-electron chi connectivity index (χ0n) is 25.3. The van der Waals surface area contributed by atoms with Crippen LogP contribution in [0.25, 0.3) is 11.0 Å². The van der Waals surface area contributed by atoms with Gasteiger partial charge in [0.1, 0.15) is 5.69 Å². The molecule has 1 aromatic heterocycles. The van der Waals surface area contributed by atoms with Crippen LogP contribution in [-0.4, -0.2) is 70.6 Å². The van der Waals surface area contributed by atoms with Crippen molar-refractivity contribution < 1.29 is 28.8 Å². The molecule has 2 N–H and O–H groups in total. The monoisotopic (exact) mass is 610 g/mol. The molecule has 3 aromatic carbocycles. The fourth-order valence-corrected chi connectivity index (χ4v) is 6.47. The van der Waals surface area contributed by atoms with Gasteiger partial charge in [0.15, 0.2) is 12.1 Å². The lowest BCUT2D eigenvalue weighted by Crippen LogP contribution is -2.50. The number of likely N-dealkylation sites (tertiary alicyclic amines) is 1. The number of rotatable bonds is 7. The van der Waals surface area contributed by atoms with Crippen molar-refractivity contribution in [1.82, 2.24) is 14.9 Å². The summed E-state index contributed by atoms with van der Waals surface area (Å²) in [6.07, 6.45) is 2.17. The number of aliphatic hydroxyl groups is 1. The zero-order valence-corrected chi connectivity index (χ0v) is 25.3. The molecule has 45 heavy (non-hydrogen) atoms. The first-order valence-corrected chi connectivity index (χ1v) is 15.6. The summed E-state index contributed by atoms with van der Waals surface area (Å²) >= 11 is 0. The Morgan fingerprint density at radius 1 is 0.956 bits per heavy atom. The number of ether oxygens (including phenoxy) is 4. The first-order chi connectivity index (χ1) is 22.0. The number of aromatic nitrogens is 2. The van der Waals surface area contributed by atoms with E-state index in [1.165, 1.54) is 6.20 Å². The summed E-state index contributed by atoms with van der Waals surface area (Å²) < 4.78 is 25.2. The number of nitrogens with one attached hydrogen (secondary N) is 1. The van der Waals surface area contributed by atoms with Crippen molar-refractivity contribution in [3.05, 3.63) is 101 Å². The molecule has 10 nitrogen and oxygen atoms in total. The van der Waals surface area contributed by atoms with Crippen molar-refractivity contribution in [2.75, 3.05) is 38.2 Å². The van der Waals surface area contributed by atoms with Gasteiger partial charge in [0.2, 0.25) is 0 Å². The summed E-state index contributed by atoms with van der Waals surface area (Å²) in [5.41, 5.74) is 4.92. The molecule has 7 rings (SSSR count). The van der Waals surface area contributed by atoms with Gasteiger partial charge < -0.3 is 34.3 Å². The first kappa shape index (κ1) is 29.9. The van der Waals surface area contributed by atoms with Crippen LogP contribution in [0.5, 0.6) is 0 Å². The molecule has 1 amide bonds. The maximum absolute atomic E-state index is 13.1. The minimum atomic E-state index is -0.649. The molecule has 234 valence electrons. The van der Waals surface area contributed by atoms with Gasteiger partial charge in [0.05, 0.1) is 49.3 Å². The number of benzene rings is 3. The summed E-state index contributed by atoms with van der Waals surface area (Å²) in [5.74, 6) is -0.714. The first-order valence-electron chi connectivity index (χ1n) is 15.6. The van der Waals surface area contributed by atoms with Crippen molar-refractivity contribution in [2.24, 2.45) is 5.92 Å². The van der Waals surface area contributed by atoms with Gasteiger partial charge in [-0.2, -0.15) is 0 Å². The van der Waals surface area contributed by atoms with E-state index < -0.39 is 12.1 Å². The van der Waals surface area contributed by atoms with Gasteiger partial charge in [0, 0.05) is 49.6 Å². The van der Waals surface area contributed by atoms with Crippen LogP contribution in [0.1, 0.15) is 59.3 Å². The van der Waals surface area contributed by atoms with Gasteiger partial charge >= 0.3 is 0 Å². The zero-order chi connectivity index (χ0) is 30.8. The Labute approximate surface area is 262 Å². The maximum Gasteiger partial charge on any atom is 0.275 e. The van der Waals surface area contributed by atoms with E-state index in [0.29, 0.717) is 24.4 Å². The highest BCUT2D eigenvalue weighted by molar-refractivity contribution is 6.03. The van der Waals surface area contributed by atoms with Gasteiger partial charge in [-0.05, 0) is 35.4 Å². The molecule has 0 aliphatic carbocycles. The van der Waals surface area contributed by atoms with Crippen LogP contribution in [0, 0.1) is 5.92 Å². The van der Waals surface area contributed by atoms with Crippen LogP contribution < -0.4 is 5.32 Å².